The molecule has 304 valence electrons. The van der Waals surface area contributed by atoms with E-state index in [4.69, 9.17) is 14.5 Å². The van der Waals surface area contributed by atoms with Gasteiger partial charge in [0.15, 0.2) is 0 Å². The third-order valence-electron chi connectivity index (χ3n) is 11.6. The molecule has 1 unspecified atom stereocenters. The number of benzene rings is 3. The molecule has 3 aromatic carbocycles. The topological polar surface area (TPSA) is 178 Å². The number of amides is 3. The van der Waals surface area contributed by atoms with Crippen LogP contribution in [0.5, 0.6) is 0 Å². The Balaban J connectivity index is 1.04. The first-order valence-electron chi connectivity index (χ1n) is 19.9. The number of hydrogen-bond acceptors (Lipinski definition) is 9. The maximum absolute atomic E-state index is 13.5. The van der Waals surface area contributed by atoms with Gasteiger partial charge in [0.25, 0.3) is 0 Å². The molecule has 14 nitrogen and oxygen atoms in total. The van der Waals surface area contributed by atoms with Crippen LogP contribution in [0, 0.1) is 5.92 Å². The first-order valence-corrected chi connectivity index (χ1v) is 19.9. The fourth-order valence-corrected chi connectivity index (χ4v) is 8.57. The van der Waals surface area contributed by atoms with Crippen molar-refractivity contribution in [3.8, 4) is 33.6 Å². The number of aromatic nitrogens is 4. The van der Waals surface area contributed by atoms with Gasteiger partial charge in [-0.25, -0.2) is 19.6 Å². The molecule has 1 aliphatic carbocycles. The predicted octanol–water partition coefficient (Wildman–Crippen LogP) is 7.09. The van der Waals surface area contributed by atoms with Crippen LogP contribution in [-0.2, 0) is 14.3 Å². The van der Waals surface area contributed by atoms with Crippen LogP contribution in [0.1, 0.15) is 70.2 Å². The molecule has 58 heavy (non-hydrogen) atoms. The molecule has 1 aliphatic heterocycles. The molecule has 3 amide bonds. The Bertz CT molecular complexity index is 2270. The maximum Gasteiger partial charge on any atom is 0.407 e. The second-order valence-corrected chi connectivity index (χ2v) is 15.2. The van der Waals surface area contributed by atoms with Gasteiger partial charge in [0.2, 0.25) is 5.91 Å². The Morgan fingerprint density at radius 3 is 2.21 bits per heavy atom. The summed E-state index contributed by atoms with van der Waals surface area (Å²) in [6, 6.07) is 19.3. The Kier molecular flexibility index (Phi) is 12.0. The summed E-state index contributed by atoms with van der Waals surface area (Å²) in [6.45, 7) is 10.0. The van der Waals surface area contributed by atoms with Gasteiger partial charge in [-0.15, -0.1) is 6.58 Å². The van der Waals surface area contributed by atoms with E-state index in [-0.39, 0.29) is 24.0 Å². The lowest BCUT2D eigenvalue weighted by atomic mass is 9.97. The van der Waals surface area contributed by atoms with Crippen molar-refractivity contribution >= 4 is 28.9 Å². The number of hydrogen-bond donors (Lipinski definition) is 5. The highest BCUT2D eigenvalue weighted by Gasteiger charge is 2.50. The van der Waals surface area contributed by atoms with Crippen molar-refractivity contribution in [1.29, 1.82) is 0 Å². The zero-order valence-electron chi connectivity index (χ0n) is 33.6. The lowest BCUT2D eigenvalue weighted by Crippen LogP contribution is -2.51. The van der Waals surface area contributed by atoms with Gasteiger partial charge in [-0.1, -0.05) is 61.5 Å². The molecular weight excluding hydrogens is 737 g/mol. The number of methoxy groups -OCH3 is 2. The zero-order valence-corrected chi connectivity index (χ0v) is 33.6. The highest BCUT2D eigenvalue weighted by molar-refractivity contribution is 5.91. The molecule has 2 aliphatic rings. The number of fused-ring (bicyclic) bond motifs is 3. The molecular formula is C44H52N8O6. The first-order chi connectivity index (χ1) is 28.0. The second-order valence-electron chi connectivity index (χ2n) is 15.2. The first kappa shape index (κ1) is 40.2. The van der Waals surface area contributed by atoms with Gasteiger partial charge in [0.05, 0.1) is 56.1 Å². The van der Waals surface area contributed by atoms with Crippen LogP contribution in [0.25, 0.3) is 44.4 Å². The number of ether oxygens (including phenoxy) is 2. The summed E-state index contributed by atoms with van der Waals surface area (Å²) in [4.78, 5) is 57.4. The van der Waals surface area contributed by atoms with Crippen molar-refractivity contribution in [2.75, 3.05) is 20.8 Å². The number of nitrogens with zero attached hydrogens (tertiary/aromatic N) is 4. The van der Waals surface area contributed by atoms with Crippen molar-refractivity contribution in [3.05, 3.63) is 97.4 Å². The van der Waals surface area contributed by atoms with Crippen LogP contribution in [-0.4, -0.2) is 98.1 Å². The fourth-order valence-electron chi connectivity index (χ4n) is 8.57. The number of nitrogens with one attached hydrogen (secondary N) is 4. The van der Waals surface area contributed by atoms with Gasteiger partial charge in [-0.05, 0) is 85.0 Å². The van der Waals surface area contributed by atoms with Crippen LogP contribution >= 0.6 is 0 Å². The Labute approximate surface area is 338 Å². The number of aliphatic hydroxyl groups is 1. The van der Waals surface area contributed by atoms with Crippen molar-refractivity contribution in [2.24, 2.45) is 5.92 Å². The van der Waals surface area contributed by atoms with Crippen molar-refractivity contribution in [3.63, 3.8) is 0 Å². The molecule has 0 spiro atoms. The molecule has 1 saturated carbocycles. The molecule has 14 heteroatoms. The summed E-state index contributed by atoms with van der Waals surface area (Å²) in [5.41, 5.74) is 5.88. The van der Waals surface area contributed by atoms with Gasteiger partial charge < -0.3 is 40.1 Å². The third kappa shape index (κ3) is 8.07. The van der Waals surface area contributed by atoms with E-state index in [9.17, 15) is 19.5 Å². The maximum atomic E-state index is 13.5. The number of aromatic amines is 2. The number of alkyl carbamates (subject to hydrolysis) is 2. The van der Waals surface area contributed by atoms with Crippen molar-refractivity contribution < 1.29 is 29.0 Å². The third-order valence-corrected chi connectivity index (χ3v) is 11.6. The lowest BCUT2D eigenvalue weighted by Gasteiger charge is -2.36. The minimum Gasteiger partial charge on any atom is -0.453 e. The number of piperidine rings is 1. The summed E-state index contributed by atoms with van der Waals surface area (Å²) in [5, 5.41) is 18.7. The summed E-state index contributed by atoms with van der Waals surface area (Å²) in [6.07, 6.45) is 6.53. The van der Waals surface area contributed by atoms with Gasteiger partial charge in [-0.3, -0.25) is 9.69 Å². The number of likely N-dealkylation sites (tertiary alicyclic amines) is 1. The molecule has 1 saturated heterocycles. The number of H-pyrrole nitrogens is 2. The van der Waals surface area contributed by atoms with Gasteiger partial charge in [0.1, 0.15) is 23.9 Å². The summed E-state index contributed by atoms with van der Waals surface area (Å²) in [7, 11) is 2.57. The quantitative estimate of drug-likeness (QED) is 0.0581. The smallest absolute Gasteiger partial charge is 0.407 e. The molecule has 0 radical (unpaired) electrons. The monoisotopic (exact) mass is 788 g/mol. The highest BCUT2D eigenvalue weighted by atomic mass is 16.5. The Morgan fingerprint density at radius 2 is 1.52 bits per heavy atom. The standard InChI is InChI=1S/C44H52N8O6/c1-7-19-51(42(54)35(8-2)50-44(56)58-6)26(4)39-45-23-36(48-39)28-11-9-27(10-12-28)29-13-14-31-21-32(16-15-30(31)20-29)37-24-46-40(49-37)38-33-17-18-34(22-33)52(38)41(53)25(3)47-43(55)57-5/h8-16,20-21,23-26,33-35,38,42,54H,2,7,17-19,22H2,1,3-6H3,(H,45,48)(H,46,49)(H,47,55)(H,50,56)/t25-,26-,33-,34+,35-,38-,42?/m0/s1. The summed E-state index contributed by atoms with van der Waals surface area (Å²) < 4.78 is 9.44. The number of imidazole rings is 2. The average Bonchev–Trinajstić information content (AvgIpc) is 4.09. The Morgan fingerprint density at radius 1 is 0.897 bits per heavy atom. The van der Waals surface area contributed by atoms with Crippen LogP contribution in [0.4, 0.5) is 9.59 Å². The van der Waals surface area contributed by atoms with Crippen LogP contribution in [0.3, 0.4) is 0 Å². The highest BCUT2D eigenvalue weighted by Crippen LogP contribution is 2.50. The van der Waals surface area contributed by atoms with Crippen LogP contribution < -0.4 is 10.6 Å². The average molecular weight is 789 g/mol. The van der Waals surface area contributed by atoms with E-state index in [1.165, 1.54) is 20.3 Å². The molecule has 2 fully saturated rings. The van der Waals surface area contributed by atoms with Gasteiger partial charge in [0, 0.05) is 18.2 Å². The SMILES string of the molecule is C=C[C@H](NC(=O)OC)C(O)N(CCC)[C@@H](C)c1ncc(-c2ccc(-c3ccc4cc(-c5cnc([C@@H]6[C@H]7CC[C@H](C7)N6C(=O)[C@H](C)NC(=O)OC)[nH]5)ccc4c3)cc2)[nH]1. The molecule has 2 bridgehead atoms. The molecule has 3 heterocycles. The molecule has 5 N–H and O–H groups in total. The largest absolute Gasteiger partial charge is 0.453 e. The number of carbonyl (C=O) groups excluding carboxylic acids is 3. The van der Waals surface area contributed by atoms with E-state index in [0.717, 1.165) is 75.9 Å². The lowest BCUT2D eigenvalue weighted by molar-refractivity contribution is -0.137. The van der Waals surface area contributed by atoms with E-state index in [0.29, 0.717) is 18.3 Å². The van der Waals surface area contributed by atoms with Gasteiger partial charge in [-0.2, -0.15) is 0 Å². The minimum atomic E-state index is -1.04. The minimum absolute atomic E-state index is 0.125. The zero-order chi connectivity index (χ0) is 41.1. The second kappa shape index (κ2) is 17.2. The summed E-state index contributed by atoms with van der Waals surface area (Å²) in [5.74, 6) is 1.65. The predicted molar refractivity (Wildman–Crippen MR) is 221 cm³/mol. The summed E-state index contributed by atoms with van der Waals surface area (Å²) >= 11 is 0. The van der Waals surface area contributed by atoms with E-state index in [1.54, 1.807) is 13.1 Å². The van der Waals surface area contributed by atoms with Crippen LogP contribution in [0.15, 0.2) is 85.7 Å². The van der Waals surface area contributed by atoms with E-state index in [1.807, 2.05) is 29.8 Å². The fraction of sp³-hybridized carbons (Fsp3) is 0.386. The van der Waals surface area contributed by atoms with Crippen LogP contribution in [0.2, 0.25) is 0 Å². The van der Waals surface area contributed by atoms with Crippen molar-refractivity contribution in [2.45, 2.75) is 82.9 Å². The number of carbonyl (C=O) groups is 3. The van der Waals surface area contributed by atoms with E-state index in [2.05, 4.69) is 92.8 Å². The normalized spacial score (nSPS) is 19.4. The Hall–Kier alpha value is -5.99. The molecule has 7 atom stereocenters. The number of aliphatic hydroxyl groups excluding tert-OH is 1. The van der Waals surface area contributed by atoms with Gasteiger partial charge >= 0.3 is 12.2 Å². The van der Waals surface area contributed by atoms with Crippen molar-refractivity contribution in [1.82, 2.24) is 40.4 Å². The molecule has 2 aromatic heterocycles. The molecule has 7 rings (SSSR count). The van der Waals surface area contributed by atoms with E-state index < -0.39 is 30.5 Å². The molecule has 5 aromatic rings. The van der Waals surface area contributed by atoms with E-state index >= 15 is 0 Å². The number of rotatable bonds is 14.